The Bertz CT molecular complexity index is 477. The van der Waals surface area contributed by atoms with E-state index < -0.39 is 0 Å². The third kappa shape index (κ3) is 8.21. The summed E-state index contributed by atoms with van der Waals surface area (Å²) in [6.45, 7) is 3.68. The number of nitrogens with zero attached hydrogens (tertiary/aromatic N) is 2. The SMILES string of the molecule is CCOC(=O)CCN(CCN(C)C)C(=O)COc1ccccc1. The summed E-state index contributed by atoms with van der Waals surface area (Å²) in [5.74, 6) is 0.220. The molecule has 0 heterocycles. The monoisotopic (exact) mass is 322 g/mol. The molecule has 0 saturated heterocycles. The van der Waals surface area contributed by atoms with Crippen molar-refractivity contribution in [2.45, 2.75) is 13.3 Å². The van der Waals surface area contributed by atoms with E-state index in [1.54, 1.807) is 24.0 Å². The highest BCUT2D eigenvalue weighted by Gasteiger charge is 2.16. The van der Waals surface area contributed by atoms with Crippen molar-refractivity contribution in [2.75, 3.05) is 46.9 Å². The fraction of sp³-hybridized carbons (Fsp3) is 0.529. The van der Waals surface area contributed by atoms with E-state index in [-0.39, 0.29) is 24.9 Å². The molecule has 0 aliphatic rings. The Morgan fingerprint density at radius 2 is 1.74 bits per heavy atom. The van der Waals surface area contributed by atoms with E-state index >= 15 is 0 Å². The Morgan fingerprint density at radius 3 is 2.35 bits per heavy atom. The third-order valence-corrected chi connectivity index (χ3v) is 3.17. The Hall–Kier alpha value is -2.08. The van der Waals surface area contributed by atoms with Crippen molar-refractivity contribution in [1.82, 2.24) is 9.80 Å². The molecule has 0 bridgehead atoms. The van der Waals surface area contributed by atoms with Crippen molar-refractivity contribution < 1.29 is 19.1 Å². The quantitative estimate of drug-likeness (QED) is 0.610. The van der Waals surface area contributed by atoms with Gasteiger partial charge in [-0.3, -0.25) is 9.59 Å². The molecule has 1 amide bonds. The number of hydrogen-bond donors (Lipinski definition) is 0. The Kier molecular flexibility index (Phi) is 8.75. The second-order valence-electron chi connectivity index (χ2n) is 5.34. The minimum Gasteiger partial charge on any atom is -0.484 e. The van der Waals surface area contributed by atoms with Gasteiger partial charge in [-0.25, -0.2) is 0 Å². The van der Waals surface area contributed by atoms with Gasteiger partial charge in [-0.2, -0.15) is 0 Å². The number of esters is 1. The van der Waals surface area contributed by atoms with E-state index in [9.17, 15) is 9.59 Å². The molecule has 0 fully saturated rings. The summed E-state index contributed by atoms with van der Waals surface area (Å²) in [4.78, 5) is 27.4. The van der Waals surface area contributed by atoms with Crippen molar-refractivity contribution in [3.8, 4) is 5.75 Å². The molecule has 0 aliphatic heterocycles. The first-order valence-electron chi connectivity index (χ1n) is 7.79. The molecule has 0 atom stereocenters. The normalized spacial score (nSPS) is 10.4. The number of ether oxygens (including phenoxy) is 2. The Balaban J connectivity index is 2.51. The molecule has 0 unspecified atom stereocenters. The van der Waals surface area contributed by atoms with Crippen LogP contribution in [0.4, 0.5) is 0 Å². The zero-order valence-electron chi connectivity index (χ0n) is 14.2. The largest absolute Gasteiger partial charge is 0.484 e. The first kappa shape index (κ1) is 19.0. The second kappa shape index (κ2) is 10.6. The predicted molar refractivity (Wildman–Crippen MR) is 88.3 cm³/mol. The summed E-state index contributed by atoms with van der Waals surface area (Å²) in [7, 11) is 3.88. The van der Waals surface area contributed by atoms with Crippen LogP contribution in [0.25, 0.3) is 0 Å². The molecule has 0 saturated carbocycles. The zero-order chi connectivity index (χ0) is 17.1. The number of carbonyl (C=O) groups is 2. The van der Waals surface area contributed by atoms with Gasteiger partial charge in [-0.15, -0.1) is 0 Å². The standard InChI is InChI=1S/C17H26N2O4/c1-4-22-17(21)10-11-19(13-12-18(2)3)16(20)14-23-15-8-6-5-7-9-15/h5-9H,4,10-14H2,1-3H3. The topological polar surface area (TPSA) is 59.1 Å². The van der Waals surface area contributed by atoms with Crippen molar-refractivity contribution in [3.63, 3.8) is 0 Å². The lowest BCUT2D eigenvalue weighted by molar-refractivity contribution is -0.144. The van der Waals surface area contributed by atoms with Gasteiger partial charge in [-0.1, -0.05) is 18.2 Å². The average Bonchev–Trinajstić information content (AvgIpc) is 2.53. The summed E-state index contributed by atoms with van der Waals surface area (Å²) < 4.78 is 10.4. The summed E-state index contributed by atoms with van der Waals surface area (Å²) in [6.07, 6.45) is 0.193. The number of para-hydroxylation sites is 1. The molecule has 23 heavy (non-hydrogen) atoms. The number of carbonyl (C=O) groups excluding carboxylic acids is 2. The van der Waals surface area contributed by atoms with Gasteiger partial charge in [0.2, 0.25) is 0 Å². The van der Waals surface area contributed by atoms with Crippen LogP contribution in [-0.2, 0) is 14.3 Å². The van der Waals surface area contributed by atoms with E-state index in [2.05, 4.69) is 0 Å². The van der Waals surface area contributed by atoms with Crippen molar-refractivity contribution in [3.05, 3.63) is 30.3 Å². The first-order valence-corrected chi connectivity index (χ1v) is 7.79. The summed E-state index contributed by atoms with van der Waals surface area (Å²) in [5.41, 5.74) is 0. The second-order valence-corrected chi connectivity index (χ2v) is 5.34. The van der Waals surface area contributed by atoms with Crippen LogP contribution in [0.1, 0.15) is 13.3 Å². The van der Waals surface area contributed by atoms with E-state index in [1.165, 1.54) is 0 Å². The number of likely N-dealkylation sites (N-methyl/N-ethyl adjacent to an activating group) is 1. The van der Waals surface area contributed by atoms with Crippen LogP contribution in [0.5, 0.6) is 5.75 Å². The average molecular weight is 322 g/mol. The number of hydrogen-bond acceptors (Lipinski definition) is 5. The summed E-state index contributed by atoms with van der Waals surface area (Å²) in [5, 5.41) is 0. The molecular weight excluding hydrogens is 296 g/mol. The zero-order valence-corrected chi connectivity index (χ0v) is 14.2. The van der Waals surface area contributed by atoms with Gasteiger partial charge in [0.1, 0.15) is 5.75 Å². The van der Waals surface area contributed by atoms with Crippen molar-refractivity contribution in [1.29, 1.82) is 0 Å². The lowest BCUT2D eigenvalue weighted by Crippen LogP contribution is -2.40. The smallest absolute Gasteiger partial charge is 0.307 e. The molecule has 0 radical (unpaired) electrons. The van der Waals surface area contributed by atoms with Crippen LogP contribution < -0.4 is 4.74 Å². The third-order valence-electron chi connectivity index (χ3n) is 3.17. The van der Waals surface area contributed by atoms with Gasteiger partial charge in [0.25, 0.3) is 5.91 Å². The minimum atomic E-state index is -0.292. The number of benzene rings is 1. The highest BCUT2D eigenvalue weighted by molar-refractivity contribution is 5.78. The van der Waals surface area contributed by atoms with Crippen molar-refractivity contribution >= 4 is 11.9 Å². The molecule has 1 aromatic rings. The highest BCUT2D eigenvalue weighted by atomic mass is 16.5. The van der Waals surface area contributed by atoms with E-state index in [0.29, 0.717) is 25.4 Å². The highest BCUT2D eigenvalue weighted by Crippen LogP contribution is 2.08. The summed E-state index contributed by atoms with van der Waals surface area (Å²) in [6, 6.07) is 9.19. The molecule has 0 N–H and O–H groups in total. The van der Waals surface area contributed by atoms with Crippen LogP contribution in [0.2, 0.25) is 0 Å². The van der Waals surface area contributed by atoms with Crippen LogP contribution >= 0.6 is 0 Å². The molecule has 6 heteroatoms. The van der Waals surface area contributed by atoms with Crippen molar-refractivity contribution in [2.24, 2.45) is 0 Å². The molecule has 0 spiro atoms. The molecule has 128 valence electrons. The lowest BCUT2D eigenvalue weighted by atomic mass is 10.3. The van der Waals surface area contributed by atoms with Crippen LogP contribution in [0.3, 0.4) is 0 Å². The fourth-order valence-electron chi connectivity index (χ4n) is 1.89. The van der Waals surface area contributed by atoms with Gasteiger partial charge in [-0.05, 0) is 33.2 Å². The maximum absolute atomic E-state index is 12.3. The maximum Gasteiger partial charge on any atom is 0.307 e. The van der Waals surface area contributed by atoms with Gasteiger partial charge in [0, 0.05) is 19.6 Å². The Morgan fingerprint density at radius 1 is 1.04 bits per heavy atom. The molecule has 0 aliphatic carbocycles. The number of amides is 1. The van der Waals surface area contributed by atoms with Gasteiger partial charge >= 0.3 is 5.97 Å². The van der Waals surface area contributed by atoms with Crippen LogP contribution in [0.15, 0.2) is 30.3 Å². The maximum atomic E-state index is 12.3. The van der Waals surface area contributed by atoms with E-state index in [1.807, 2.05) is 37.2 Å². The van der Waals surface area contributed by atoms with E-state index in [4.69, 9.17) is 9.47 Å². The molecule has 1 rings (SSSR count). The molecular formula is C17H26N2O4. The molecule has 1 aromatic carbocycles. The Labute approximate surface area is 138 Å². The number of rotatable bonds is 10. The van der Waals surface area contributed by atoms with E-state index in [0.717, 1.165) is 6.54 Å². The van der Waals surface area contributed by atoms with Gasteiger partial charge in [0.05, 0.1) is 13.0 Å². The molecule has 0 aromatic heterocycles. The summed E-state index contributed by atoms with van der Waals surface area (Å²) >= 11 is 0. The van der Waals surface area contributed by atoms with Crippen LogP contribution in [-0.4, -0.2) is 68.6 Å². The first-order chi connectivity index (χ1) is 11.0. The fourth-order valence-corrected chi connectivity index (χ4v) is 1.89. The molecule has 6 nitrogen and oxygen atoms in total. The predicted octanol–water partition coefficient (Wildman–Crippen LogP) is 1.41. The van der Waals surface area contributed by atoms with Gasteiger partial charge < -0.3 is 19.3 Å². The lowest BCUT2D eigenvalue weighted by Gasteiger charge is -2.24. The van der Waals surface area contributed by atoms with Gasteiger partial charge in [0.15, 0.2) is 6.61 Å². The van der Waals surface area contributed by atoms with Crippen LogP contribution in [0, 0.1) is 0 Å². The minimum absolute atomic E-state index is 0.0414.